The second-order valence-electron chi connectivity index (χ2n) is 16.8. The second kappa shape index (κ2) is 13.4. The number of likely N-dealkylation sites (tertiary alicyclic amines) is 2. The van der Waals surface area contributed by atoms with Crippen molar-refractivity contribution in [2.75, 3.05) is 39.9 Å². The Morgan fingerprint density at radius 3 is 2.28 bits per heavy atom. The van der Waals surface area contributed by atoms with Gasteiger partial charge in [-0.05, 0) is 74.2 Å². The summed E-state index contributed by atoms with van der Waals surface area (Å²) < 4.78 is 13.1. The molecular weight excluding hydrogens is 634 g/mol. The van der Waals surface area contributed by atoms with Crippen LogP contribution in [0.5, 0.6) is 0 Å². The fourth-order valence-corrected chi connectivity index (χ4v) is 9.06. The van der Waals surface area contributed by atoms with E-state index >= 15 is 0 Å². The van der Waals surface area contributed by atoms with Crippen molar-refractivity contribution in [2.45, 2.75) is 90.8 Å². The van der Waals surface area contributed by atoms with Crippen molar-refractivity contribution in [2.24, 2.45) is 34.0 Å². The molecule has 5 aliphatic rings. The van der Waals surface area contributed by atoms with Gasteiger partial charge in [-0.25, -0.2) is 4.79 Å². The van der Waals surface area contributed by atoms with Gasteiger partial charge in [-0.2, -0.15) is 5.10 Å². The number of aromatic nitrogens is 2. The first kappa shape index (κ1) is 34.7. The third kappa shape index (κ3) is 6.82. The van der Waals surface area contributed by atoms with Gasteiger partial charge in [0.1, 0.15) is 0 Å². The zero-order chi connectivity index (χ0) is 35.3. The molecule has 2 spiro atoms. The van der Waals surface area contributed by atoms with Crippen LogP contribution in [0.3, 0.4) is 0 Å². The van der Waals surface area contributed by atoms with E-state index in [1.165, 1.54) is 39.2 Å². The quantitative estimate of drug-likeness (QED) is 0.350. The van der Waals surface area contributed by atoms with Crippen LogP contribution in [0.1, 0.15) is 88.1 Å². The Morgan fingerprint density at radius 2 is 1.66 bits per heavy atom. The summed E-state index contributed by atoms with van der Waals surface area (Å²) >= 11 is 0. The highest BCUT2D eigenvalue weighted by Crippen LogP contribution is 2.55. The molecule has 0 radical (unpaired) electrons. The lowest BCUT2D eigenvalue weighted by atomic mass is 9.59. The molecule has 1 N–H and O–H groups in total. The Kier molecular flexibility index (Phi) is 9.32. The molecule has 11 nitrogen and oxygen atoms in total. The van der Waals surface area contributed by atoms with E-state index in [-0.39, 0.29) is 35.6 Å². The van der Waals surface area contributed by atoms with Crippen molar-refractivity contribution < 1.29 is 28.7 Å². The maximum Gasteiger partial charge on any atom is 0.331 e. The van der Waals surface area contributed by atoms with Gasteiger partial charge in [0.25, 0.3) is 5.91 Å². The zero-order valence-electron chi connectivity index (χ0n) is 30.1. The van der Waals surface area contributed by atoms with Gasteiger partial charge in [0.05, 0.1) is 37.4 Å². The molecule has 1 aromatic carbocycles. The Labute approximate surface area is 295 Å². The molecule has 3 saturated carbocycles. The van der Waals surface area contributed by atoms with E-state index < -0.39 is 29.4 Å². The van der Waals surface area contributed by atoms with E-state index in [9.17, 15) is 19.2 Å². The number of hydrogen-bond acceptors (Lipinski definition) is 7. The average molecular weight is 688 g/mol. The van der Waals surface area contributed by atoms with Crippen molar-refractivity contribution in [1.29, 1.82) is 0 Å². The largest absolute Gasteiger partial charge is 0.467 e. The summed E-state index contributed by atoms with van der Waals surface area (Å²) in [5, 5.41) is 7.41. The molecule has 0 bridgehead atoms. The first-order valence-corrected chi connectivity index (χ1v) is 18.6. The minimum atomic E-state index is -0.989. The van der Waals surface area contributed by atoms with Crippen molar-refractivity contribution in [1.82, 2.24) is 24.9 Å². The molecule has 11 heteroatoms. The van der Waals surface area contributed by atoms with Crippen LogP contribution < -0.4 is 5.32 Å². The van der Waals surface area contributed by atoms with Crippen molar-refractivity contribution >= 4 is 23.7 Å². The Morgan fingerprint density at radius 1 is 0.980 bits per heavy atom. The number of ether oxygens (including phenoxy) is 2. The van der Waals surface area contributed by atoms with Gasteiger partial charge in [0.15, 0.2) is 6.04 Å². The molecule has 1 aromatic heterocycles. The summed E-state index contributed by atoms with van der Waals surface area (Å²) in [6, 6.07) is 8.92. The van der Waals surface area contributed by atoms with Crippen LogP contribution in [0.15, 0.2) is 42.7 Å². The van der Waals surface area contributed by atoms with Gasteiger partial charge < -0.3 is 24.6 Å². The predicted molar refractivity (Wildman–Crippen MR) is 186 cm³/mol. The third-order valence-electron chi connectivity index (χ3n) is 12.9. The lowest BCUT2D eigenvalue weighted by molar-refractivity contribution is -0.155. The molecule has 3 aliphatic carbocycles. The summed E-state index contributed by atoms with van der Waals surface area (Å²) in [6.07, 6.45) is 12.4. The smallest absolute Gasteiger partial charge is 0.331 e. The lowest BCUT2D eigenvalue weighted by Crippen LogP contribution is -2.65. The highest BCUT2D eigenvalue weighted by molar-refractivity contribution is 5.95. The number of nitrogens with zero attached hydrogens (tertiary/aromatic N) is 4. The van der Waals surface area contributed by atoms with E-state index in [0.29, 0.717) is 49.7 Å². The number of amides is 3. The fraction of sp³-hybridized carbons (Fsp3) is 0.667. The lowest BCUT2D eigenvalue weighted by Gasteiger charge is -2.50. The number of esters is 1. The van der Waals surface area contributed by atoms with E-state index in [0.717, 1.165) is 24.8 Å². The molecule has 2 saturated heterocycles. The summed E-state index contributed by atoms with van der Waals surface area (Å²) in [5.41, 5.74) is 1.47. The molecule has 3 amide bonds. The van der Waals surface area contributed by atoms with Gasteiger partial charge in [-0.15, -0.1) is 0 Å². The second-order valence-corrected chi connectivity index (χ2v) is 16.8. The SMILES string of the molecule is COC(=O)[C@@H](NC(=O)[C@@H]1CN(C(=O)c2cnn(Cc3ccccc3)c2)CC12CN(C(=O)[C@H]1CC1(C)C)C2)[C@@H](C)OCC1CCC2(CCC2)CC1. The maximum atomic E-state index is 14.2. The molecule has 4 atom stereocenters. The number of rotatable bonds is 11. The summed E-state index contributed by atoms with van der Waals surface area (Å²) in [5.74, 6) is -1.14. The fourth-order valence-electron chi connectivity index (χ4n) is 9.06. The van der Waals surface area contributed by atoms with Crippen LogP contribution in [0, 0.1) is 34.0 Å². The first-order valence-electron chi connectivity index (χ1n) is 18.6. The summed E-state index contributed by atoms with van der Waals surface area (Å²) in [4.78, 5) is 58.0. The van der Waals surface area contributed by atoms with Crippen LogP contribution in [-0.2, 0) is 30.4 Å². The molecule has 5 fully saturated rings. The molecule has 270 valence electrons. The number of methoxy groups -OCH3 is 1. The Hall–Kier alpha value is -3.73. The zero-order valence-corrected chi connectivity index (χ0v) is 30.1. The van der Waals surface area contributed by atoms with Gasteiger partial charge in [0.2, 0.25) is 11.8 Å². The highest BCUT2D eigenvalue weighted by Gasteiger charge is 2.62. The van der Waals surface area contributed by atoms with E-state index in [1.807, 2.05) is 42.2 Å². The van der Waals surface area contributed by atoms with Gasteiger partial charge in [-0.3, -0.25) is 19.1 Å². The highest BCUT2D eigenvalue weighted by atomic mass is 16.5. The first-order chi connectivity index (χ1) is 23.9. The van der Waals surface area contributed by atoms with Crippen LogP contribution >= 0.6 is 0 Å². The maximum absolute atomic E-state index is 14.2. The van der Waals surface area contributed by atoms with Gasteiger partial charge in [-0.1, -0.05) is 50.6 Å². The van der Waals surface area contributed by atoms with Crippen LogP contribution in [0.2, 0.25) is 0 Å². The molecule has 3 heterocycles. The van der Waals surface area contributed by atoms with E-state index in [4.69, 9.17) is 9.47 Å². The van der Waals surface area contributed by atoms with Crippen LogP contribution in [-0.4, -0.2) is 95.3 Å². The number of benzene rings is 1. The monoisotopic (exact) mass is 687 g/mol. The number of hydrogen-bond donors (Lipinski definition) is 1. The van der Waals surface area contributed by atoms with Crippen molar-refractivity contribution in [3.05, 3.63) is 53.9 Å². The van der Waals surface area contributed by atoms with Crippen molar-refractivity contribution in [3.63, 3.8) is 0 Å². The number of carbonyl (C=O) groups excluding carboxylic acids is 4. The minimum Gasteiger partial charge on any atom is -0.467 e. The molecular formula is C39H53N5O6. The minimum absolute atomic E-state index is 0.00564. The molecule has 2 aromatic rings. The van der Waals surface area contributed by atoms with E-state index in [2.05, 4.69) is 24.3 Å². The number of nitrogens with one attached hydrogen (secondary N) is 1. The predicted octanol–water partition coefficient (Wildman–Crippen LogP) is 4.30. The van der Waals surface area contributed by atoms with Gasteiger partial charge >= 0.3 is 5.97 Å². The molecule has 2 aliphatic heterocycles. The summed E-state index contributed by atoms with van der Waals surface area (Å²) in [7, 11) is 1.32. The average Bonchev–Trinajstić information content (AvgIpc) is 3.39. The van der Waals surface area contributed by atoms with Gasteiger partial charge in [0, 0.05) is 50.3 Å². The number of carbonyl (C=O) groups is 4. The van der Waals surface area contributed by atoms with Crippen LogP contribution in [0.25, 0.3) is 0 Å². The van der Waals surface area contributed by atoms with E-state index in [1.54, 1.807) is 22.0 Å². The summed E-state index contributed by atoms with van der Waals surface area (Å²) in [6.45, 7) is 8.40. The van der Waals surface area contributed by atoms with Crippen molar-refractivity contribution in [3.8, 4) is 0 Å². The molecule has 50 heavy (non-hydrogen) atoms. The molecule has 7 rings (SSSR count). The Balaban J connectivity index is 1.03. The Bertz CT molecular complexity index is 1580. The third-order valence-corrected chi connectivity index (χ3v) is 12.9. The van der Waals surface area contributed by atoms with Crippen LogP contribution in [0.4, 0.5) is 0 Å². The molecule has 0 unspecified atom stereocenters. The normalized spacial score (nSPS) is 25.8. The topological polar surface area (TPSA) is 123 Å². The standard InChI is InChI=1S/C39H53N5O6/c1-26(50-22-28-11-15-38(16-12-28)13-8-14-38)32(36(48)49-4)41-33(45)31-21-42(23-39(31)24-43(25-39)35(47)30-17-37(30,2)3)34(46)29-18-40-44(20-29)19-27-9-6-5-7-10-27/h5-7,9-10,18,20,26,28,30-32H,8,11-17,19,21-25H2,1-4H3,(H,41,45)/t26-,30-,31+,32+/m1/s1.